The van der Waals surface area contributed by atoms with Gasteiger partial charge in [-0.1, -0.05) is 0 Å². The van der Waals surface area contributed by atoms with Crippen molar-refractivity contribution in [2.75, 3.05) is 5.73 Å². The molecule has 2 N–H and O–H groups in total. The first-order chi connectivity index (χ1) is 8.49. The van der Waals surface area contributed by atoms with Gasteiger partial charge in [-0.05, 0) is 35.0 Å². The molecule has 0 aliphatic carbocycles. The third-order valence-corrected chi connectivity index (χ3v) is 3.63. The second-order valence-electron chi connectivity index (χ2n) is 3.94. The van der Waals surface area contributed by atoms with Crippen LogP contribution in [0.5, 0.6) is 5.75 Å². The molecule has 1 aromatic heterocycles. The summed E-state index contributed by atoms with van der Waals surface area (Å²) in [7, 11) is 1.82. The Morgan fingerprint density at radius 1 is 1.50 bits per heavy atom. The second-order valence-corrected chi connectivity index (χ2v) is 4.73. The molecular formula is C12H13BrFN3O. The highest BCUT2D eigenvalue weighted by Gasteiger charge is 2.12. The zero-order valence-electron chi connectivity index (χ0n) is 10.1. The van der Waals surface area contributed by atoms with Gasteiger partial charge >= 0.3 is 0 Å². The molecule has 0 unspecified atom stereocenters. The van der Waals surface area contributed by atoms with Crippen LogP contribution in [0.3, 0.4) is 0 Å². The van der Waals surface area contributed by atoms with Gasteiger partial charge in [0.2, 0.25) is 0 Å². The molecule has 0 radical (unpaired) electrons. The molecule has 4 nitrogen and oxygen atoms in total. The SMILES string of the molecule is Cc1nn(C)c(COc2cc(F)ccc2N)c1Br. The lowest BCUT2D eigenvalue weighted by Gasteiger charge is -2.09. The summed E-state index contributed by atoms with van der Waals surface area (Å²) in [6, 6.07) is 4.05. The highest BCUT2D eigenvalue weighted by Crippen LogP contribution is 2.25. The topological polar surface area (TPSA) is 53.1 Å². The lowest BCUT2D eigenvalue weighted by Crippen LogP contribution is -2.05. The molecule has 0 aliphatic rings. The van der Waals surface area contributed by atoms with Gasteiger partial charge in [0.1, 0.15) is 18.2 Å². The molecule has 6 heteroatoms. The predicted molar refractivity (Wildman–Crippen MR) is 70.8 cm³/mol. The summed E-state index contributed by atoms with van der Waals surface area (Å²) >= 11 is 3.44. The van der Waals surface area contributed by atoms with Gasteiger partial charge in [-0.2, -0.15) is 5.10 Å². The van der Waals surface area contributed by atoms with Crippen LogP contribution >= 0.6 is 15.9 Å². The molecule has 0 aliphatic heterocycles. The molecule has 0 atom stereocenters. The van der Waals surface area contributed by atoms with E-state index < -0.39 is 0 Å². The Bertz CT molecular complexity index is 583. The molecule has 2 rings (SSSR count). The van der Waals surface area contributed by atoms with Crippen LogP contribution in [0.1, 0.15) is 11.4 Å². The summed E-state index contributed by atoms with van der Waals surface area (Å²) in [5, 5.41) is 4.25. The molecule has 1 aromatic carbocycles. The minimum atomic E-state index is -0.376. The van der Waals surface area contributed by atoms with E-state index in [9.17, 15) is 4.39 Å². The number of halogens is 2. The summed E-state index contributed by atoms with van der Waals surface area (Å²) in [6.07, 6.45) is 0. The zero-order chi connectivity index (χ0) is 13.3. The van der Waals surface area contributed by atoms with Gasteiger partial charge < -0.3 is 10.5 Å². The minimum Gasteiger partial charge on any atom is -0.485 e. The van der Waals surface area contributed by atoms with Gasteiger partial charge in [0.05, 0.1) is 21.5 Å². The average Bonchev–Trinajstić information content (AvgIpc) is 2.55. The molecule has 0 saturated carbocycles. The van der Waals surface area contributed by atoms with Crippen molar-refractivity contribution >= 4 is 21.6 Å². The van der Waals surface area contributed by atoms with Crippen LogP contribution < -0.4 is 10.5 Å². The lowest BCUT2D eigenvalue weighted by molar-refractivity contribution is 0.294. The Morgan fingerprint density at radius 2 is 2.22 bits per heavy atom. The van der Waals surface area contributed by atoms with Crippen LogP contribution in [0.15, 0.2) is 22.7 Å². The molecule has 0 bridgehead atoms. The largest absolute Gasteiger partial charge is 0.485 e. The summed E-state index contributed by atoms with van der Waals surface area (Å²) in [5.74, 6) is -0.0415. The van der Waals surface area contributed by atoms with Crippen molar-refractivity contribution < 1.29 is 9.13 Å². The minimum absolute atomic E-state index is 0.269. The van der Waals surface area contributed by atoms with E-state index >= 15 is 0 Å². The van der Waals surface area contributed by atoms with E-state index in [0.717, 1.165) is 15.9 Å². The summed E-state index contributed by atoms with van der Waals surface area (Å²) in [6.45, 7) is 2.16. The molecule has 96 valence electrons. The number of anilines is 1. The van der Waals surface area contributed by atoms with Gasteiger partial charge in [-0.3, -0.25) is 4.68 Å². The fourth-order valence-electron chi connectivity index (χ4n) is 1.62. The Labute approximate surface area is 113 Å². The zero-order valence-corrected chi connectivity index (χ0v) is 11.7. The maximum absolute atomic E-state index is 13.1. The van der Waals surface area contributed by atoms with Crippen LogP contribution in [-0.4, -0.2) is 9.78 Å². The third-order valence-electron chi connectivity index (χ3n) is 2.60. The van der Waals surface area contributed by atoms with Crippen LogP contribution in [0.25, 0.3) is 0 Å². The number of nitrogen functional groups attached to an aromatic ring is 1. The van der Waals surface area contributed by atoms with Gasteiger partial charge in [0.25, 0.3) is 0 Å². The molecule has 0 spiro atoms. The van der Waals surface area contributed by atoms with Crippen molar-refractivity contribution in [2.45, 2.75) is 13.5 Å². The van der Waals surface area contributed by atoms with Crippen molar-refractivity contribution in [3.63, 3.8) is 0 Å². The maximum Gasteiger partial charge on any atom is 0.145 e. The summed E-state index contributed by atoms with van der Waals surface area (Å²) in [4.78, 5) is 0. The highest BCUT2D eigenvalue weighted by molar-refractivity contribution is 9.10. The number of hydrogen-bond donors (Lipinski definition) is 1. The first-order valence-electron chi connectivity index (χ1n) is 5.35. The van der Waals surface area contributed by atoms with E-state index in [1.807, 2.05) is 14.0 Å². The van der Waals surface area contributed by atoms with E-state index in [0.29, 0.717) is 11.4 Å². The van der Waals surface area contributed by atoms with E-state index in [1.165, 1.54) is 18.2 Å². The van der Waals surface area contributed by atoms with Crippen molar-refractivity contribution in [3.05, 3.63) is 39.9 Å². The van der Waals surface area contributed by atoms with Gasteiger partial charge in [-0.25, -0.2) is 4.39 Å². The lowest BCUT2D eigenvalue weighted by atomic mass is 10.3. The molecule has 2 aromatic rings. The standard InChI is InChI=1S/C12H13BrFN3O/c1-7-12(13)10(17(2)16-7)6-18-11-5-8(14)3-4-9(11)15/h3-5H,6,15H2,1-2H3. The van der Waals surface area contributed by atoms with Crippen molar-refractivity contribution in [1.29, 1.82) is 0 Å². The number of rotatable bonds is 3. The molecular weight excluding hydrogens is 301 g/mol. The van der Waals surface area contributed by atoms with Gasteiger partial charge in [-0.15, -0.1) is 0 Å². The van der Waals surface area contributed by atoms with Crippen molar-refractivity contribution in [3.8, 4) is 5.75 Å². The van der Waals surface area contributed by atoms with Crippen LogP contribution in [-0.2, 0) is 13.7 Å². The number of benzene rings is 1. The van der Waals surface area contributed by atoms with E-state index in [4.69, 9.17) is 10.5 Å². The predicted octanol–water partition coefficient (Wildman–Crippen LogP) is 2.79. The monoisotopic (exact) mass is 313 g/mol. The third kappa shape index (κ3) is 2.48. The molecule has 18 heavy (non-hydrogen) atoms. The first kappa shape index (κ1) is 12.9. The number of ether oxygens (including phenoxy) is 1. The van der Waals surface area contributed by atoms with E-state index in [2.05, 4.69) is 21.0 Å². The van der Waals surface area contributed by atoms with Crippen molar-refractivity contribution in [1.82, 2.24) is 9.78 Å². The highest BCUT2D eigenvalue weighted by atomic mass is 79.9. The Kier molecular flexibility index (Phi) is 3.56. The molecule has 0 fully saturated rings. The fraction of sp³-hybridized carbons (Fsp3) is 0.250. The van der Waals surface area contributed by atoms with Gasteiger partial charge in [0.15, 0.2) is 0 Å². The fourth-order valence-corrected chi connectivity index (χ4v) is 2.07. The summed E-state index contributed by atoms with van der Waals surface area (Å²) < 4.78 is 21.2. The molecule has 1 heterocycles. The van der Waals surface area contributed by atoms with Crippen LogP contribution in [0.4, 0.5) is 10.1 Å². The van der Waals surface area contributed by atoms with Crippen molar-refractivity contribution in [2.24, 2.45) is 7.05 Å². The normalized spacial score (nSPS) is 10.7. The smallest absolute Gasteiger partial charge is 0.145 e. The number of nitrogens with zero attached hydrogens (tertiary/aromatic N) is 2. The number of nitrogens with two attached hydrogens (primary N) is 1. The quantitative estimate of drug-likeness (QED) is 0.886. The Morgan fingerprint density at radius 3 is 2.83 bits per heavy atom. The first-order valence-corrected chi connectivity index (χ1v) is 6.14. The maximum atomic E-state index is 13.1. The Balaban J connectivity index is 2.19. The number of aromatic nitrogens is 2. The van der Waals surface area contributed by atoms with E-state index in [-0.39, 0.29) is 12.4 Å². The number of hydrogen-bond acceptors (Lipinski definition) is 3. The van der Waals surface area contributed by atoms with Crippen LogP contribution in [0.2, 0.25) is 0 Å². The summed E-state index contributed by atoms with van der Waals surface area (Å²) in [5.41, 5.74) is 7.87. The second kappa shape index (κ2) is 4.97. The van der Waals surface area contributed by atoms with Gasteiger partial charge in [0, 0.05) is 13.1 Å². The van der Waals surface area contributed by atoms with Crippen LogP contribution in [0, 0.1) is 12.7 Å². The molecule has 0 saturated heterocycles. The number of aryl methyl sites for hydroxylation is 2. The average molecular weight is 314 g/mol. The Hall–Kier alpha value is -1.56. The molecule has 0 amide bonds. The van der Waals surface area contributed by atoms with E-state index in [1.54, 1.807) is 4.68 Å².